The predicted octanol–water partition coefficient (Wildman–Crippen LogP) is 0.561. The lowest BCUT2D eigenvalue weighted by atomic mass is 10.1. The molecule has 3 N–H and O–H groups in total. The number of amides is 2. The number of fused-ring (bicyclic) bond motifs is 1. The number of carbonyl (C=O) groups is 2. The molecule has 2 amide bonds. The Hall–Kier alpha value is -2.18. The fraction of sp³-hybridized carbons (Fsp3) is 0.571. The van der Waals surface area contributed by atoms with E-state index in [0.717, 1.165) is 18.5 Å². The van der Waals surface area contributed by atoms with Gasteiger partial charge >= 0.3 is 0 Å². The average molecular weight is 289 g/mol. The molecule has 0 spiro atoms. The second-order valence-corrected chi connectivity index (χ2v) is 5.46. The van der Waals surface area contributed by atoms with Crippen LogP contribution in [0.4, 0.5) is 0 Å². The van der Waals surface area contributed by atoms with Gasteiger partial charge in [-0.05, 0) is 31.2 Å². The second kappa shape index (κ2) is 6.07. The number of hydrogen-bond donors (Lipinski definition) is 3. The first kappa shape index (κ1) is 13.8. The van der Waals surface area contributed by atoms with Gasteiger partial charge in [-0.15, -0.1) is 0 Å². The molecule has 0 aromatic carbocycles. The molecule has 2 aliphatic rings. The minimum absolute atomic E-state index is 0.149. The molecule has 0 atom stereocenters. The minimum atomic E-state index is -0.236. The van der Waals surface area contributed by atoms with Crippen molar-refractivity contribution >= 4 is 17.5 Å². The maximum Gasteiger partial charge on any atom is 0.267 e. The number of H-pyrrole nitrogens is 1. The smallest absolute Gasteiger partial charge is 0.267 e. The summed E-state index contributed by atoms with van der Waals surface area (Å²) in [6, 6.07) is 0. The standard InChI is InChI=1S/C14H19N5O2/c20-13-7-6-11(17-19-13)14(21)15-8-12-9-4-2-1-3-5-10(9)16-18-12/h1-8H2,(H,15,21)(H,16,18)(H,19,20). The molecule has 0 saturated heterocycles. The van der Waals surface area contributed by atoms with Gasteiger partial charge in [-0.2, -0.15) is 10.2 Å². The summed E-state index contributed by atoms with van der Waals surface area (Å²) in [5.74, 6) is -0.385. The van der Waals surface area contributed by atoms with Crippen LogP contribution >= 0.6 is 0 Å². The molecule has 1 aliphatic heterocycles. The van der Waals surface area contributed by atoms with Gasteiger partial charge in [-0.25, -0.2) is 5.43 Å². The third-order valence-corrected chi connectivity index (χ3v) is 3.97. The first-order valence-corrected chi connectivity index (χ1v) is 7.42. The zero-order chi connectivity index (χ0) is 14.7. The van der Waals surface area contributed by atoms with E-state index >= 15 is 0 Å². The average Bonchev–Trinajstić information content (AvgIpc) is 2.72. The van der Waals surface area contributed by atoms with Gasteiger partial charge in [-0.3, -0.25) is 14.7 Å². The Kier molecular flexibility index (Phi) is 3.98. The van der Waals surface area contributed by atoms with Crippen molar-refractivity contribution in [2.75, 3.05) is 0 Å². The number of nitrogens with zero attached hydrogens (tertiary/aromatic N) is 2. The SMILES string of the molecule is O=C1CCC(C(=O)NCc2n[nH]c3c2CCCCC3)=NN1. The van der Waals surface area contributed by atoms with Gasteiger partial charge in [0.25, 0.3) is 5.91 Å². The number of aryl methyl sites for hydroxylation is 1. The highest BCUT2D eigenvalue weighted by Gasteiger charge is 2.20. The predicted molar refractivity (Wildman–Crippen MR) is 76.5 cm³/mol. The van der Waals surface area contributed by atoms with Crippen molar-refractivity contribution in [2.24, 2.45) is 5.10 Å². The molecule has 21 heavy (non-hydrogen) atoms. The van der Waals surface area contributed by atoms with E-state index in [1.807, 2.05) is 0 Å². The highest BCUT2D eigenvalue weighted by atomic mass is 16.2. The van der Waals surface area contributed by atoms with Crippen molar-refractivity contribution in [3.05, 3.63) is 17.0 Å². The molecule has 2 heterocycles. The summed E-state index contributed by atoms with van der Waals surface area (Å²) in [7, 11) is 0. The molecule has 7 nitrogen and oxygen atoms in total. The lowest BCUT2D eigenvalue weighted by Crippen LogP contribution is -2.36. The largest absolute Gasteiger partial charge is 0.345 e. The zero-order valence-corrected chi connectivity index (χ0v) is 11.9. The van der Waals surface area contributed by atoms with Crippen LogP contribution in [0.15, 0.2) is 5.10 Å². The quantitative estimate of drug-likeness (QED) is 0.709. The molecule has 0 radical (unpaired) electrons. The summed E-state index contributed by atoms with van der Waals surface area (Å²) >= 11 is 0. The summed E-state index contributed by atoms with van der Waals surface area (Å²) in [6.07, 6.45) is 6.36. The summed E-state index contributed by atoms with van der Waals surface area (Å²) < 4.78 is 0. The molecule has 1 aromatic rings. The highest BCUT2D eigenvalue weighted by molar-refractivity contribution is 6.39. The lowest BCUT2D eigenvalue weighted by Gasteiger charge is -2.11. The van der Waals surface area contributed by atoms with Crippen molar-refractivity contribution in [1.82, 2.24) is 20.9 Å². The van der Waals surface area contributed by atoms with Crippen LogP contribution in [0.2, 0.25) is 0 Å². The summed E-state index contributed by atoms with van der Waals surface area (Å²) in [5, 5.41) is 14.0. The zero-order valence-electron chi connectivity index (χ0n) is 11.9. The van der Waals surface area contributed by atoms with Crippen LogP contribution in [-0.2, 0) is 29.0 Å². The van der Waals surface area contributed by atoms with Crippen LogP contribution in [0, 0.1) is 0 Å². The van der Waals surface area contributed by atoms with Crippen LogP contribution < -0.4 is 10.7 Å². The van der Waals surface area contributed by atoms with Gasteiger partial charge in [0.15, 0.2) is 0 Å². The fourth-order valence-electron chi connectivity index (χ4n) is 2.78. The van der Waals surface area contributed by atoms with E-state index in [1.54, 1.807) is 0 Å². The van der Waals surface area contributed by atoms with Crippen molar-refractivity contribution in [2.45, 2.75) is 51.5 Å². The van der Waals surface area contributed by atoms with E-state index in [0.29, 0.717) is 25.1 Å². The van der Waals surface area contributed by atoms with Gasteiger partial charge in [0, 0.05) is 18.5 Å². The van der Waals surface area contributed by atoms with E-state index in [-0.39, 0.29) is 11.8 Å². The number of aromatic nitrogens is 2. The van der Waals surface area contributed by atoms with Gasteiger partial charge in [0.1, 0.15) is 5.71 Å². The molecule has 0 fully saturated rings. The van der Waals surface area contributed by atoms with Crippen molar-refractivity contribution < 1.29 is 9.59 Å². The Balaban J connectivity index is 1.61. The fourth-order valence-corrected chi connectivity index (χ4v) is 2.78. The number of aromatic amines is 1. The van der Waals surface area contributed by atoms with Crippen LogP contribution in [-0.4, -0.2) is 27.7 Å². The molecular formula is C14H19N5O2. The minimum Gasteiger partial charge on any atom is -0.345 e. The number of rotatable bonds is 3. The maximum absolute atomic E-state index is 12.0. The number of hydrazone groups is 1. The third-order valence-electron chi connectivity index (χ3n) is 3.97. The molecule has 7 heteroatoms. The first-order chi connectivity index (χ1) is 10.2. The Morgan fingerprint density at radius 3 is 2.81 bits per heavy atom. The monoisotopic (exact) mass is 289 g/mol. The van der Waals surface area contributed by atoms with Gasteiger partial charge in [0.05, 0.1) is 12.2 Å². The van der Waals surface area contributed by atoms with Gasteiger partial charge in [-0.1, -0.05) is 6.42 Å². The van der Waals surface area contributed by atoms with Crippen molar-refractivity contribution in [3.8, 4) is 0 Å². The van der Waals surface area contributed by atoms with Gasteiger partial charge in [0.2, 0.25) is 5.91 Å². The van der Waals surface area contributed by atoms with Crippen molar-refractivity contribution in [1.29, 1.82) is 0 Å². The lowest BCUT2D eigenvalue weighted by molar-refractivity contribution is -0.121. The van der Waals surface area contributed by atoms with Crippen LogP contribution in [0.3, 0.4) is 0 Å². The van der Waals surface area contributed by atoms with E-state index in [9.17, 15) is 9.59 Å². The Labute approximate surface area is 122 Å². The summed E-state index contributed by atoms with van der Waals surface area (Å²) in [6.45, 7) is 0.400. The van der Waals surface area contributed by atoms with Crippen molar-refractivity contribution in [3.63, 3.8) is 0 Å². The second-order valence-electron chi connectivity index (χ2n) is 5.46. The third kappa shape index (κ3) is 3.12. The molecule has 0 saturated carbocycles. The van der Waals surface area contributed by atoms with Crippen LogP contribution in [0.1, 0.15) is 49.1 Å². The molecule has 0 unspecified atom stereocenters. The summed E-state index contributed by atoms with van der Waals surface area (Å²) in [4.78, 5) is 23.0. The molecular weight excluding hydrogens is 270 g/mol. The van der Waals surface area contributed by atoms with E-state index in [1.165, 1.54) is 30.5 Å². The summed E-state index contributed by atoms with van der Waals surface area (Å²) in [5.41, 5.74) is 6.08. The Bertz CT molecular complexity index is 590. The maximum atomic E-state index is 12.0. The first-order valence-electron chi connectivity index (χ1n) is 7.42. The number of hydrogen-bond acceptors (Lipinski definition) is 4. The molecule has 1 aromatic heterocycles. The molecule has 3 rings (SSSR count). The number of carbonyl (C=O) groups excluding carboxylic acids is 2. The van der Waals surface area contributed by atoms with Crippen LogP contribution in [0.5, 0.6) is 0 Å². The topological polar surface area (TPSA) is 99.2 Å². The van der Waals surface area contributed by atoms with E-state index in [4.69, 9.17) is 0 Å². The van der Waals surface area contributed by atoms with Crippen LogP contribution in [0.25, 0.3) is 0 Å². The molecule has 112 valence electrons. The van der Waals surface area contributed by atoms with E-state index < -0.39 is 0 Å². The number of nitrogens with one attached hydrogen (secondary N) is 3. The van der Waals surface area contributed by atoms with E-state index in [2.05, 4.69) is 26.0 Å². The molecule has 0 bridgehead atoms. The highest BCUT2D eigenvalue weighted by Crippen LogP contribution is 2.21. The van der Waals surface area contributed by atoms with Gasteiger partial charge < -0.3 is 5.32 Å². The molecule has 1 aliphatic carbocycles. The Morgan fingerprint density at radius 1 is 1.14 bits per heavy atom. The normalized spacial score (nSPS) is 18.3. The Morgan fingerprint density at radius 2 is 2.00 bits per heavy atom.